The van der Waals surface area contributed by atoms with E-state index in [1.807, 2.05) is 6.92 Å². The molecule has 0 aliphatic heterocycles. The van der Waals surface area contributed by atoms with Crippen LogP contribution in [-0.2, 0) is 11.2 Å². The molecule has 1 aromatic heterocycles. The number of imidazole rings is 1. The molecule has 0 unspecified atom stereocenters. The lowest BCUT2D eigenvalue weighted by molar-refractivity contribution is -0.120. The van der Waals surface area contributed by atoms with Crippen LogP contribution in [0, 0.1) is 0 Å². The third-order valence-corrected chi connectivity index (χ3v) is 1.38. The van der Waals surface area contributed by atoms with Gasteiger partial charge in [-0.15, -0.1) is 0 Å². The molecule has 0 fully saturated rings. The molecule has 1 heterocycles. The van der Waals surface area contributed by atoms with Crippen molar-refractivity contribution in [1.29, 1.82) is 0 Å². The van der Waals surface area contributed by atoms with Crippen LogP contribution < -0.4 is 11.0 Å². The second-order valence-electron chi connectivity index (χ2n) is 2.40. The smallest absolute Gasteiger partial charge is 0.323 e. The van der Waals surface area contributed by atoms with E-state index in [9.17, 15) is 9.59 Å². The van der Waals surface area contributed by atoms with Gasteiger partial charge in [0.05, 0.1) is 6.42 Å². The summed E-state index contributed by atoms with van der Waals surface area (Å²) in [5, 5.41) is 2.63. The van der Waals surface area contributed by atoms with Crippen LogP contribution in [0.5, 0.6) is 0 Å². The van der Waals surface area contributed by atoms with Gasteiger partial charge in [0.1, 0.15) is 0 Å². The third kappa shape index (κ3) is 2.26. The number of carbonyl (C=O) groups is 1. The summed E-state index contributed by atoms with van der Waals surface area (Å²) in [5.41, 5.74) is 0.320. The minimum atomic E-state index is -0.283. The Labute approximate surface area is 69.2 Å². The Morgan fingerprint density at radius 3 is 2.92 bits per heavy atom. The van der Waals surface area contributed by atoms with Crippen LogP contribution in [0.1, 0.15) is 12.6 Å². The Balaban J connectivity index is 2.52. The van der Waals surface area contributed by atoms with E-state index in [1.54, 1.807) is 0 Å². The van der Waals surface area contributed by atoms with Crippen molar-refractivity contribution >= 4 is 5.91 Å². The van der Waals surface area contributed by atoms with E-state index in [2.05, 4.69) is 15.3 Å². The molecule has 1 aromatic rings. The summed E-state index contributed by atoms with van der Waals surface area (Å²) in [4.78, 5) is 26.5. The molecule has 0 aliphatic rings. The van der Waals surface area contributed by atoms with E-state index in [-0.39, 0.29) is 18.0 Å². The number of nitrogens with one attached hydrogen (secondary N) is 3. The molecule has 1 amide bonds. The lowest BCUT2D eigenvalue weighted by Crippen LogP contribution is -2.24. The van der Waals surface area contributed by atoms with Crippen molar-refractivity contribution in [3.63, 3.8) is 0 Å². The van der Waals surface area contributed by atoms with E-state index in [1.165, 1.54) is 6.20 Å². The second kappa shape index (κ2) is 3.75. The fourth-order valence-electron chi connectivity index (χ4n) is 0.899. The highest BCUT2D eigenvalue weighted by molar-refractivity contribution is 5.77. The van der Waals surface area contributed by atoms with Gasteiger partial charge in [0.2, 0.25) is 5.91 Å². The lowest BCUT2D eigenvalue weighted by atomic mass is 10.3. The first kappa shape index (κ1) is 8.58. The number of aromatic nitrogens is 2. The van der Waals surface area contributed by atoms with Gasteiger partial charge in [-0.05, 0) is 6.92 Å². The van der Waals surface area contributed by atoms with E-state index >= 15 is 0 Å². The number of aromatic amines is 2. The molecule has 12 heavy (non-hydrogen) atoms. The van der Waals surface area contributed by atoms with Crippen molar-refractivity contribution in [2.75, 3.05) is 6.54 Å². The van der Waals surface area contributed by atoms with E-state index in [0.717, 1.165) is 0 Å². The fraction of sp³-hybridized carbons (Fsp3) is 0.429. The molecule has 66 valence electrons. The maximum atomic E-state index is 11.0. The van der Waals surface area contributed by atoms with Gasteiger partial charge in [-0.25, -0.2) is 4.79 Å². The first-order valence-corrected chi connectivity index (χ1v) is 3.75. The van der Waals surface area contributed by atoms with Crippen molar-refractivity contribution in [2.45, 2.75) is 13.3 Å². The standard InChI is InChI=1S/C7H11N3O2/c1-2-8-6(11)3-5-4-9-7(12)10-5/h4H,2-3H2,1H3,(H,8,11)(H2,9,10,12). The molecule has 0 aromatic carbocycles. The molecule has 5 nitrogen and oxygen atoms in total. The topological polar surface area (TPSA) is 77.8 Å². The maximum absolute atomic E-state index is 11.0. The number of H-pyrrole nitrogens is 2. The molecule has 0 radical (unpaired) electrons. The fourth-order valence-corrected chi connectivity index (χ4v) is 0.899. The zero-order valence-corrected chi connectivity index (χ0v) is 6.81. The summed E-state index contributed by atoms with van der Waals surface area (Å²) in [6, 6.07) is 0. The first-order valence-electron chi connectivity index (χ1n) is 3.75. The maximum Gasteiger partial charge on any atom is 0.323 e. The number of likely N-dealkylation sites (N-methyl/N-ethyl adjacent to an activating group) is 1. The SMILES string of the molecule is CCNC(=O)Cc1c[nH]c(=O)[nH]1. The van der Waals surface area contributed by atoms with Crippen LogP contribution in [0.3, 0.4) is 0 Å². The summed E-state index contributed by atoms with van der Waals surface area (Å²) < 4.78 is 0. The average molecular weight is 169 g/mol. The Morgan fingerprint density at radius 2 is 2.42 bits per heavy atom. The molecule has 3 N–H and O–H groups in total. The molecular formula is C7H11N3O2. The summed E-state index contributed by atoms with van der Waals surface area (Å²) >= 11 is 0. The highest BCUT2D eigenvalue weighted by Crippen LogP contribution is 1.88. The minimum absolute atomic E-state index is 0.0900. The number of carbonyl (C=O) groups excluding carboxylic acids is 1. The largest absolute Gasteiger partial charge is 0.356 e. The van der Waals surface area contributed by atoms with Gasteiger partial charge in [-0.1, -0.05) is 0 Å². The van der Waals surface area contributed by atoms with Gasteiger partial charge < -0.3 is 15.3 Å². The Bertz CT molecular complexity index is 312. The zero-order chi connectivity index (χ0) is 8.97. The zero-order valence-electron chi connectivity index (χ0n) is 6.81. The van der Waals surface area contributed by atoms with Gasteiger partial charge in [-0.3, -0.25) is 4.79 Å². The van der Waals surface area contributed by atoms with Crippen LogP contribution in [0.25, 0.3) is 0 Å². The number of amides is 1. The highest BCUT2D eigenvalue weighted by Gasteiger charge is 2.02. The van der Waals surface area contributed by atoms with Crippen molar-refractivity contribution in [3.05, 3.63) is 22.4 Å². The molecule has 0 saturated carbocycles. The summed E-state index contributed by atoms with van der Waals surface area (Å²) in [6.07, 6.45) is 1.71. The molecule has 0 spiro atoms. The first-order chi connectivity index (χ1) is 5.72. The minimum Gasteiger partial charge on any atom is -0.356 e. The van der Waals surface area contributed by atoms with E-state index in [0.29, 0.717) is 12.2 Å². The van der Waals surface area contributed by atoms with Crippen LogP contribution in [0.2, 0.25) is 0 Å². The van der Waals surface area contributed by atoms with Gasteiger partial charge >= 0.3 is 5.69 Å². The predicted molar refractivity (Wildman–Crippen MR) is 43.8 cm³/mol. The molecule has 5 heteroatoms. The van der Waals surface area contributed by atoms with Crippen LogP contribution in [0.4, 0.5) is 0 Å². The van der Waals surface area contributed by atoms with Crippen molar-refractivity contribution < 1.29 is 4.79 Å². The van der Waals surface area contributed by atoms with Gasteiger partial charge in [-0.2, -0.15) is 0 Å². The summed E-state index contributed by atoms with van der Waals surface area (Å²) in [5.74, 6) is -0.0900. The Kier molecular flexibility index (Phi) is 2.68. The quantitative estimate of drug-likeness (QED) is 0.564. The molecule has 0 saturated heterocycles. The monoisotopic (exact) mass is 169 g/mol. The van der Waals surface area contributed by atoms with Gasteiger partial charge in [0.25, 0.3) is 0 Å². The summed E-state index contributed by atoms with van der Waals surface area (Å²) in [7, 11) is 0. The van der Waals surface area contributed by atoms with Crippen LogP contribution >= 0.6 is 0 Å². The number of hydrogen-bond donors (Lipinski definition) is 3. The molecule has 0 aliphatic carbocycles. The number of rotatable bonds is 3. The van der Waals surface area contributed by atoms with Crippen molar-refractivity contribution in [3.8, 4) is 0 Å². The predicted octanol–water partition coefficient (Wildman–Crippen LogP) is -0.618. The van der Waals surface area contributed by atoms with Crippen molar-refractivity contribution in [1.82, 2.24) is 15.3 Å². The molecule has 0 atom stereocenters. The Hall–Kier alpha value is -1.52. The van der Waals surface area contributed by atoms with Gasteiger partial charge in [0, 0.05) is 18.4 Å². The average Bonchev–Trinajstić information content (AvgIpc) is 2.36. The normalized spacial score (nSPS) is 9.75. The Morgan fingerprint density at radius 1 is 1.67 bits per heavy atom. The van der Waals surface area contributed by atoms with E-state index < -0.39 is 0 Å². The summed E-state index contributed by atoms with van der Waals surface area (Å²) in [6.45, 7) is 2.45. The van der Waals surface area contributed by atoms with E-state index in [4.69, 9.17) is 0 Å². The second-order valence-corrected chi connectivity index (χ2v) is 2.40. The van der Waals surface area contributed by atoms with Crippen LogP contribution in [-0.4, -0.2) is 22.4 Å². The third-order valence-electron chi connectivity index (χ3n) is 1.38. The number of hydrogen-bond acceptors (Lipinski definition) is 2. The molecular weight excluding hydrogens is 158 g/mol. The molecule has 1 rings (SSSR count). The van der Waals surface area contributed by atoms with Gasteiger partial charge in [0.15, 0.2) is 0 Å². The highest BCUT2D eigenvalue weighted by atomic mass is 16.2. The van der Waals surface area contributed by atoms with Crippen molar-refractivity contribution in [2.24, 2.45) is 0 Å². The lowest BCUT2D eigenvalue weighted by Gasteiger charge is -1.97. The van der Waals surface area contributed by atoms with Crippen LogP contribution in [0.15, 0.2) is 11.0 Å². The molecule has 0 bridgehead atoms.